The van der Waals surface area contributed by atoms with E-state index in [1.165, 1.54) is 148 Å². The van der Waals surface area contributed by atoms with Crippen molar-refractivity contribution in [3.63, 3.8) is 0 Å². The minimum Gasteiger partial charge on any atom is -0.462 e. The van der Waals surface area contributed by atoms with Crippen LogP contribution >= 0.6 is 0 Å². The summed E-state index contributed by atoms with van der Waals surface area (Å²) in [6.45, 7) is 6.53. The van der Waals surface area contributed by atoms with Crippen molar-refractivity contribution in [2.75, 3.05) is 13.2 Å². The molecule has 0 N–H and O–H groups in total. The number of hydrogen-bond donors (Lipinski definition) is 0. The summed E-state index contributed by atoms with van der Waals surface area (Å²) < 4.78 is 16.8. The number of carbonyl (C=O) groups excluding carboxylic acids is 3. The van der Waals surface area contributed by atoms with Gasteiger partial charge in [0.1, 0.15) is 13.2 Å². The second kappa shape index (κ2) is 57.4. The van der Waals surface area contributed by atoms with Crippen molar-refractivity contribution < 1.29 is 28.6 Å². The van der Waals surface area contributed by atoms with Crippen molar-refractivity contribution in [3.8, 4) is 0 Å². The number of allylic oxidation sites excluding steroid dienone is 12. The first-order valence-electron chi connectivity index (χ1n) is 29.4. The van der Waals surface area contributed by atoms with E-state index >= 15 is 0 Å². The summed E-state index contributed by atoms with van der Waals surface area (Å²) in [5.74, 6) is -0.872. The van der Waals surface area contributed by atoms with Crippen molar-refractivity contribution in [1.82, 2.24) is 0 Å². The quantitative estimate of drug-likeness (QED) is 0.0262. The zero-order valence-electron chi connectivity index (χ0n) is 45.6. The lowest BCUT2D eigenvalue weighted by Crippen LogP contribution is -2.30. The van der Waals surface area contributed by atoms with Gasteiger partial charge >= 0.3 is 17.9 Å². The Morgan fingerprint density at radius 3 is 0.884 bits per heavy atom. The first kappa shape index (κ1) is 65.8. The van der Waals surface area contributed by atoms with Gasteiger partial charge in [0.05, 0.1) is 0 Å². The predicted octanol–water partition coefficient (Wildman–Crippen LogP) is 19.8. The number of hydrogen-bond acceptors (Lipinski definition) is 6. The van der Waals surface area contributed by atoms with E-state index in [1.54, 1.807) is 0 Å². The fourth-order valence-electron chi connectivity index (χ4n) is 8.33. The third-order valence-corrected chi connectivity index (χ3v) is 12.7. The monoisotopic (exact) mass is 963 g/mol. The van der Waals surface area contributed by atoms with Crippen LogP contribution in [-0.2, 0) is 28.6 Å². The molecule has 1 unspecified atom stereocenters. The molecule has 0 heterocycles. The smallest absolute Gasteiger partial charge is 0.306 e. The Balaban J connectivity index is 4.24. The summed E-state index contributed by atoms with van der Waals surface area (Å²) in [5.41, 5.74) is 0. The van der Waals surface area contributed by atoms with Crippen LogP contribution in [0.4, 0.5) is 0 Å². The molecule has 6 nitrogen and oxygen atoms in total. The Morgan fingerprint density at radius 2 is 0.565 bits per heavy atom. The Kier molecular flexibility index (Phi) is 54.8. The summed E-state index contributed by atoms with van der Waals surface area (Å²) in [6, 6.07) is 0. The lowest BCUT2D eigenvalue weighted by molar-refractivity contribution is -0.167. The van der Waals surface area contributed by atoms with E-state index in [1.807, 2.05) is 0 Å². The van der Waals surface area contributed by atoms with Crippen molar-refractivity contribution in [2.45, 2.75) is 297 Å². The number of rotatable bonds is 53. The molecular weight excluding hydrogens is 853 g/mol. The standard InChI is InChI=1S/C63H110O6/c1-4-7-10-13-16-19-22-24-25-26-27-28-29-30-31-32-33-34-35-36-37-39-41-44-47-50-53-56-62(65)68-59-60(58-67-61(64)55-52-49-46-43-40-21-18-15-12-9-6-3)69-63(66)57-54-51-48-45-42-38-23-20-17-14-11-8-5-2/h7,10,16,19,24-25,27-28,30-31,33-34,60H,4-6,8-9,11-15,17-18,20-23,26,29,32,35-59H2,1-3H3/b10-7-,19-16-,25-24-,28-27-,31-30-,34-33-. The first-order chi connectivity index (χ1) is 34.0. The average molecular weight is 964 g/mol. The maximum atomic E-state index is 12.8. The van der Waals surface area contributed by atoms with Crippen LogP contribution in [0.15, 0.2) is 72.9 Å². The third kappa shape index (κ3) is 55.6. The molecule has 0 amide bonds. The van der Waals surface area contributed by atoms with Gasteiger partial charge in [0.2, 0.25) is 0 Å². The number of unbranched alkanes of at least 4 members (excludes halogenated alkanes) is 30. The molecule has 0 spiro atoms. The Hall–Kier alpha value is -3.15. The molecule has 1 atom stereocenters. The molecule has 398 valence electrons. The highest BCUT2D eigenvalue weighted by Gasteiger charge is 2.19. The highest BCUT2D eigenvalue weighted by atomic mass is 16.6. The van der Waals surface area contributed by atoms with Crippen LogP contribution in [0.5, 0.6) is 0 Å². The minimum absolute atomic E-state index is 0.0735. The molecule has 0 aliphatic heterocycles. The Bertz CT molecular complexity index is 1290. The fourth-order valence-corrected chi connectivity index (χ4v) is 8.33. The maximum Gasteiger partial charge on any atom is 0.306 e. The average Bonchev–Trinajstić information content (AvgIpc) is 3.35. The highest BCUT2D eigenvalue weighted by Crippen LogP contribution is 2.16. The van der Waals surface area contributed by atoms with Gasteiger partial charge in [-0.1, -0.05) is 273 Å². The molecule has 0 radical (unpaired) electrons. The molecule has 6 heteroatoms. The lowest BCUT2D eigenvalue weighted by atomic mass is 10.0. The molecule has 0 rings (SSSR count). The fraction of sp³-hybridized carbons (Fsp3) is 0.762. The molecule has 0 aromatic carbocycles. The molecule has 0 saturated carbocycles. The molecule has 69 heavy (non-hydrogen) atoms. The number of carbonyl (C=O) groups is 3. The van der Waals surface area contributed by atoms with Gasteiger partial charge in [-0.05, 0) is 70.6 Å². The third-order valence-electron chi connectivity index (χ3n) is 12.7. The van der Waals surface area contributed by atoms with Crippen molar-refractivity contribution in [3.05, 3.63) is 72.9 Å². The molecule has 0 saturated heterocycles. The predicted molar refractivity (Wildman–Crippen MR) is 298 cm³/mol. The minimum atomic E-state index is -0.774. The number of ether oxygens (including phenoxy) is 3. The van der Waals surface area contributed by atoms with Crippen LogP contribution in [0.1, 0.15) is 290 Å². The van der Waals surface area contributed by atoms with Gasteiger partial charge in [-0.2, -0.15) is 0 Å². The Morgan fingerprint density at radius 1 is 0.304 bits per heavy atom. The van der Waals surface area contributed by atoms with Crippen LogP contribution in [-0.4, -0.2) is 37.2 Å². The van der Waals surface area contributed by atoms with Crippen LogP contribution < -0.4 is 0 Å². The molecule has 0 aromatic heterocycles. The van der Waals surface area contributed by atoms with E-state index < -0.39 is 6.10 Å². The van der Waals surface area contributed by atoms with Gasteiger partial charge in [-0.25, -0.2) is 0 Å². The van der Waals surface area contributed by atoms with Gasteiger partial charge < -0.3 is 14.2 Å². The van der Waals surface area contributed by atoms with Crippen molar-refractivity contribution >= 4 is 17.9 Å². The van der Waals surface area contributed by atoms with E-state index in [0.717, 1.165) is 103 Å². The molecule has 0 aliphatic carbocycles. The molecule has 0 aliphatic rings. The molecule has 0 fully saturated rings. The first-order valence-corrected chi connectivity index (χ1v) is 29.4. The topological polar surface area (TPSA) is 78.9 Å². The summed E-state index contributed by atoms with van der Waals surface area (Å²) >= 11 is 0. The van der Waals surface area contributed by atoms with Gasteiger partial charge in [-0.15, -0.1) is 0 Å². The summed E-state index contributed by atoms with van der Waals surface area (Å²) in [4.78, 5) is 38.1. The van der Waals surface area contributed by atoms with Crippen molar-refractivity contribution in [2.24, 2.45) is 0 Å². The molecule has 0 aromatic rings. The van der Waals surface area contributed by atoms with Gasteiger partial charge in [0.25, 0.3) is 0 Å². The highest BCUT2D eigenvalue weighted by molar-refractivity contribution is 5.71. The van der Waals surface area contributed by atoms with Crippen LogP contribution in [0.2, 0.25) is 0 Å². The summed E-state index contributed by atoms with van der Waals surface area (Å²) in [7, 11) is 0. The van der Waals surface area contributed by atoms with Crippen LogP contribution in [0, 0.1) is 0 Å². The summed E-state index contributed by atoms with van der Waals surface area (Å²) in [6.07, 6.45) is 73.2. The van der Waals surface area contributed by atoms with Gasteiger partial charge in [0, 0.05) is 19.3 Å². The zero-order valence-corrected chi connectivity index (χ0v) is 45.6. The van der Waals surface area contributed by atoms with E-state index in [0.29, 0.717) is 19.3 Å². The largest absolute Gasteiger partial charge is 0.462 e. The molecular formula is C63H110O6. The SMILES string of the molecule is CC/C=C\C/C=C\C/C=C\C/C=C\C/C=C\C/C=C\CCCCCCCCCCC(=O)OCC(COC(=O)CCCCCCCCCCCCC)OC(=O)CCCCCCCCCCCCCCC. The lowest BCUT2D eigenvalue weighted by Gasteiger charge is -2.18. The van der Waals surface area contributed by atoms with Crippen LogP contribution in [0.25, 0.3) is 0 Å². The number of esters is 3. The molecule has 0 bridgehead atoms. The maximum absolute atomic E-state index is 12.8. The normalized spacial score (nSPS) is 12.6. The second-order valence-corrected chi connectivity index (χ2v) is 19.5. The zero-order chi connectivity index (χ0) is 50.0. The van der Waals surface area contributed by atoms with Crippen LogP contribution in [0.3, 0.4) is 0 Å². The van der Waals surface area contributed by atoms with E-state index in [4.69, 9.17) is 14.2 Å². The van der Waals surface area contributed by atoms with E-state index in [-0.39, 0.29) is 31.1 Å². The van der Waals surface area contributed by atoms with Gasteiger partial charge in [-0.3, -0.25) is 14.4 Å². The van der Waals surface area contributed by atoms with Gasteiger partial charge in [0.15, 0.2) is 6.10 Å². The van der Waals surface area contributed by atoms with E-state index in [2.05, 4.69) is 93.7 Å². The summed E-state index contributed by atoms with van der Waals surface area (Å²) in [5, 5.41) is 0. The second-order valence-electron chi connectivity index (χ2n) is 19.5. The van der Waals surface area contributed by atoms with E-state index in [9.17, 15) is 14.4 Å². The Labute approximate surface area is 427 Å². The van der Waals surface area contributed by atoms with Crippen molar-refractivity contribution in [1.29, 1.82) is 0 Å².